The molecule has 2 aliphatic carbocycles. The van der Waals surface area contributed by atoms with Crippen LogP contribution >= 0.6 is 0 Å². The average Bonchev–Trinajstić information content (AvgIpc) is 2.73. The number of fused-ring (bicyclic) bond motifs is 3. The predicted octanol–water partition coefficient (Wildman–Crippen LogP) is 1.78. The van der Waals surface area contributed by atoms with Gasteiger partial charge in [0.1, 0.15) is 0 Å². The van der Waals surface area contributed by atoms with E-state index in [1.54, 1.807) is 7.11 Å². The van der Waals surface area contributed by atoms with Crippen LogP contribution in [0.3, 0.4) is 0 Å². The Morgan fingerprint density at radius 3 is 2.30 bits per heavy atom. The third-order valence-corrected chi connectivity index (χ3v) is 5.02. The molecule has 1 saturated carbocycles. The molecule has 2 aliphatic rings. The Balaban J connectivity index is 1.75. The maximum atomic E-state index is 9.48. The van der Waals surface area contributed by atoms with Gasteiger partial charge in [0.25, 0.3) is 0 Å². The number of nitrogens with one attached hydrogen (secondary N) is 1. The van der Waals surface area contributed by atoms with Gasteiger partial charge in [-0.2, -0.15) is 0 Å². The van der Waals surface area contributed by atoms with Gasteiger partial charge in [-0.15, -0.1) is 0 Å². The molecular weight excluding hydrogens is 250 g/mol. The van der Waals surface area contributed by atoms with E-state index in [9.17, 15) is 5.11 Å². The fraction of sp³-hybridized carbons (Fsp3) is 0.647. The van der Waals surface area contributed by atoms with E-state index in [-0.39, 0.29) is 12.6 Å². The molecule has 0 spiro atoms. The first-order valence-electron chi connectivity index (χ1n) is 7.74. The van der Waals surface area contributed by atoms with Crippen molar-refractivity contribution in [2.75, 3.05) is 20.3 Å². The molecule has 0 aromatic heterocycles. The number of ether oxygens (including phenoxy) is 1. The van der Waals surface area contributed by atoms with E-state index < -0.39 is 0 Å². The van der Waals surface area contributed by atoms with Crippen molar-refractivity contribution in [3.8, 4) is 0 Å². The lowest BCUT2D eigenvalue weighted by Gasteiger charge is -2.28. The standard InChI is InChI=1S/C17H25NO2/c1-20-11-16(10-19)18-17-14-6-7-15(17)9-13-5-3-2-4-12(13)8-14/h2-5,14-19H,6-11H2,1H3. The van der Waals surface area contributed by atoms with Gasteiger partial charge in [0.2, 0.25) is 0 Å². The predicted molar refractivity (Wildman–Crippen MR) is 79.7 cm³/mol. The zero-order valence-electron chi connectivity index (χ0n) is 12.2. The number of benzene rings is 1. The molecule has 1 fully saturated rings. The molecule has 1 aromatic carbocycles. The summed E-state index contributed by atoms with van der Waals surface area (Å²) in [5, 5.41) is 13.2. The van der Waals surface area contributed by atoms with Gasteiger partial charge in [-0.1, -0.05) is 24.3 Å². The van der Waals surface area contributed by atoms with Crippen molar-refractivity contribution in [3.63, 3.8) is 0 Å². The summed E-state index contributed by atoms with van der Waals surface area (Å²) < 4.78 is 5.20. The third-order valence-electron chi connectivity index (χ3n) is 5.02. The minimum Gasteiger partial charge on any atom is -0.395 e. The highest BCUT2D eigenvalue weighted by Gasteiger charge is 2.39. The van der Waals surface area contributed by atoms with Crippen LogP contribution in [-0.2, 0) is 17.6 Å². The second-order valence-electron chi connectivity index (χ2n) is 6.30. The number of methoxy groups -OCH3 is 1. The SMILES string of the molecule is COCC(CO)NC1C2CCC1Cc1ccccc1C2. The average molecular weight is 275 g/mol. The quantitative estimate of drug-likeness (QED) is 0.860. The molecule has 0 heterocycles. The fourth-order valence-electron chi connectivity index (χ4n) is 4.05. The molecular formula is C17H25NO2. The van der Waals surface area contributed by atoms with Gasteiger partial charge in [0, 0.05) is 13.2 Å². The fourth-order valence-corrected chi connectivity index (χ4v) is 4.05. The summed E-state index contributed by atoms with van der Waals surface area (Å²) >= 11 is 0. The molecule has 0 saturated heterocycles. The van der Waals surface area contributed by atoms with Gasteiger partial charge in [0.15, 0.2) is 0 Å². The van der Waals surface area contributed by atoms with Crippen molar-refractivity contribution < 1.29 is 9.84 Å². The second kappa shape index (κ2) is 6.25. The monoisotopic (exact) mass is 275 g/mol. The number of aliphatic hydroxyl groups excluding tert-OH is 1. The van der Waals surface area contributed by atoms with Gasteiger partial charge in [-0.3, -0.25) is 0 Å². The van der Waals surface area contributed by atoms with Crippen LogP contribution in [0.25, 0.3) is 0 Å². The Bertz CT molecular complexity index is 415. The van der Waals surface area contributed by atoms with Crippen molar-refractivity contribution in [2.24, 2.45) is 11.8 Å². The molecule has 0 radical (unpaired) electrons. The number of aliphatic hydroxyl groups is 1. The Labute approximate surface area is 121 Å². The lowest BCUT2D eigenvalue weighted by molar-refractivity contribution is 0.113. The molecule has 20 heavy (non-hydrogen) atoms. The minimum absolute atomic E-state index is 0.0642. The van der Waals surface area contributed by atoms with E-state index in [2.05, 4.69) is 29.6 Å². The van der Waals surface area contributed by atoms with Crippen molar-refractivity contribution in [1.29, 1.82) is 0 Å². The van der Waals surface area contributed by atoms with Gasteiger partial charge in [-0.05, 0) is 48.6 Å². The summed E-state index contributed by atoms with van der Waals surface area (Å²) in [5.41, 5.74) is 3.05. The molecule has 3 heteroatoms. The van der Waals surface area contributed by atoms with Crippen LogP contribution in [0.15, 0.2) is 24.3 Å². The van der Waals surface area contributed by atoms with Crippen LogP contribution in [0.1, 0.15) is 24.0 Å². The molecule has 3 nitrogen and oxygen atoms in total. The van der Waals surface area contributed by atoms with E-state index in [0.717, 1.165) is 0 Å². The highest BCUT2D eigenvalue weighted by atomic mass is 16.5. The van der Waals surface area contributed by atoms with Crippen LogP contribution in [0.4, 0.5) is 0 Å². The first kappa shape index (κ1) is 14.1. The number of hydrogen-bond acceptors (Lipinski definition) is 3. The summed E-state index contributed by atoms with van der Waals surface area (Å²) in [5.74, 6) is 1.41. The van der Waals surface area contributed by atoms with Gasteiger partial charge < -0.3 is 15.2 Å². The van der Waals surface area contributed by atoms with Gasteiger partial charge in [-0.25, -0.2) is 0 Å². The molecule has 2 N–H and O–H groups in total. The van der Waals surface area contributed by atoms with Crippen molar-refractivity contribution in [2.45, 2.75) is 37.8 Å². The molecule has 2 bridgehead atoms. The number of rotatable bonds is 5. The van der Waals surface area contributed by atoms with Gasteiger partial charge in [0.05, 0.1) is 19.3 Å². The molecule has 3 atom stereocenters. The van der Waals surface area contributed by atoms with Crippen LogP contribution in [0.5, 0.6) is 0 Å². The summed E-state index contributed by atoms with van der Waals surface area (Å²) in [4.78, 5) is 0. The van der Waals surface area contributed by atoms with E-state index in [0.29, 0.717) is 24.5 Å². The van der Waals surface area contributed by atoms with E-state index >= 15 is 0 Å². The maximum absolute atomic E-state index is 9.48. The third kappa shape index (κ3) is 2.76. The topological polar surface area (TPSA) is 41.5 Å². The van der Waals surface area contributed by atoms with Gasteiger partial charge >= 0.3 is 0 Å². The molecule has 0 amide bonds. The lowest BCUT2D eigenvalue weighted by atomic mass is 9.94. The Morgan fingerprint density at radius 1 is 1.20 bits per heavy atom. The zero-order chi connectivity index (χ0) is 13.9. The number of hydrogen-bond donors (Lipinski definition) is 2. The first-order chi connectivity index (χ1) is 9.81. The lowest BCUT2D eigenvalue weighted by Crippen LogP contribution is -2.47. The molecule has 3 unspecified atom stereocenters. The van der Waals surface area contributed by atoms with Crippen molar-refractivity contribution in [3.05, 3.63) is 35.4 Å². The summed E-state index contributed by atoms with van der Waals surface area (Å²) in [6.45, 7) is 0.732. The minimum atomic E-state index is 0.0642. The molecule has 110 valence electrons. The summed E-state index contributed by atoms with van der Waals surface area (Å²) in [6.07, 6.45) is 4.97. The van der Waals surface area contributed by atoms with Crippen LogP contribution in [0.2, 0.25) is 0 Å². The Kier molecular flexibility index (Phi) is 4.39. The van der Waals surface area contributed by atoms with Crippen LogP contribution in [0, 0.1) is 11.8 Å². The van der Waals surface area contributed by atoms with Crippen LogP contribution < -0.4 is 5.32 Å². The molecule has 0 aliphatic heterocycles. The maximum Gasteiger partial charge on any atom is 0.0638 e. The molecule has 3 rings (SSSR count). The second-order valence-corrected chi connectivity index (χ2v) is 6.30. The normalized spacial score (nSPS) is 29.8. The summed E-state index contributed by atoms with van der Waals surface area (Å²) in [7, 11) is 1.70. The highest BCUT2D eigenvalue weighted by molar-refractivity contribution is 5.30. The van der Waals surface area contributed by atoms with Crippen molar-refractivity contribution >= 4 is 0 Å². The summed E-state index contributed by atoms with van der Waals surface area (Å²) in [6, 6.07) is 9.46. The Morgan fingerprint density at radius 2 is 1.80 bits per heavy atom. The van der Waals surface area contributed by atoms with E-state index in [1.165, 1.54) is 36.8 Å². The van der Waals surface area contributed by atoms with E-state index in [4.69, 9.17) is 4.74 Å². The first-order valence-corrected chi connectivity index (χ1v) is 7.74. The smallest absolute Gasteiger partial charge is 0.0638 e. The van der Waals surface area contributed by atoms with Crippen molar-refractivity contribution in [1.82, 2.24) is 5.32 Å². The van der Waals surface area contributed by atoms with E-state index in [1.807, 2.05) is 0 Å². The Hall–Kier alpha value is -0.900. The highest BCUT2D eigenvalue weighted by Crippen LogP contribution is 2.40. The molecule has 1 aromatic rings. The largest absolute Gasteiger partial charge is 0.395 e. The zero-order valence-corrected chi connectivity index (χ0v) is 12.2. The van der Waals surface area contributed by atoms with Crippen LogP contribution in [-0.4, -0.2) is 37.5 Å².